The van der Waals surface area contributed by atoms with Crippen molar-refractivity contribution in [2.24, 2.45) is 0 Å². The number of anilines is 1. The fourth-order valence-corrected chi connectivity index (χ4v) is 7.05. The quantitative estimate of drug-likeness (QED) is 0.132. The zero-order chi connectivity index (χ0) is 34.5. The van der Waals surface area contributed by atoms with Crippen molar-refractivity contribution in [3.8, 4) is 11.5 Å². The molecule has 4 rings (SSSR count). The molecule has 0 unspecified atom stereocenters. The summed E-state index contributed by atoms with van der Waals surface area (Å²) in [6.45, 7) is 3.94. The van der Waals surface area contributed by atoms with Crippen LogP contribution in [0.2, 0.25) is 0 Å². The number of benzene rings is 4. The molecule has 0 aliphatic carbocycles. The van der Waals surface area contributed by atoms with E-state index in [0.717, 1.165) is 20.3 Å². The average molecular weight is 690 g/mol. The van der Waals surface area contributed by atoms with Gasteiger partial charge in [-0.2, -0.15) is 0 Å². The van der Waals surface area contributed by atoms with Gasteiger partial charge in [0.15, 0.2) is 0 Å². The van der Waals surface area contributed by atoms with Crippen molar-refractivity contribution in [1.82, 2.24) is 10.2 Å². The van der Waals surface area contributed by atoms with Crippen molar-refractivity contribution in [2.75, 3.05) is 37.4 Å². The van der Waals surface area contributed by atoms with E-state index in [1.807, 2.05) is 55.6 Å². The first-order valence-corrected chi connectivity index (χ1v) is 18.5. The minimum atomic E-state index is -4.28. The van der Waals surface area contributed by atoms with E-state index in [0.29, 0.717) is 31.1 Å². The van der Waals surface area contributed by atoms with Crippen LogP contribution in [0.5, 0.6) is 11.5 Å². The van der Waals surface area contributed by atoms with Crippen LogP contribution >= 0.6 is 11.8 Å². The Labute approximate surface area is 288 Å². The summed E-state index contributed by atoms with van der Waals surface area (Å²) < 4.78 is 41.2. The molecule has 4 aromatic rings. The Balaban J connectivity index is 1.84. The molecule has 254 valence electrons. The second-order valence-corrected chi connectivity index (χ2v) is 13.7. The van der Waals surface area contributed by atoms with Crippen molar-refractivity contribution < 1.29 is 27.5 Å². The summed E-state index contributed by atoms with van der Waals surface area (Å²) in [7, 11) is -2.72. The largest absolute Gasteiger partial charge is 0.497 e. The minimum absolute atomic E-state index is 0.0280. The van der Waals surface area contributed by atoms with Crippen LogP contribution in [0, 0.1) is 0 Å². The molecule has 0 fully saturated rings. The van der Waals surface area contributed by atoms with Gasteiger partial charge < -0.3 is 19.7 Å². The number of nitrogens with one attached hydrogen (secondary N) is 1. The predicted octanol–water partition coefficient (Wildman–Crippen LogP) is 6.18. The van der Waals surface area contributed by atoms with Gasteiger partial charge in [0.25, 0.3) is 10.0 Å². The maximum atomic E-state index is 14.7. The summed E-state index contributed by atoms with van der Waals surface area (Å²) in [6.07, 6.45) is 2.85. The van der Waals surface area contributed by atoms with Gasteiger partial charge in [-0.05, 0) is 79.3 Å². The highest BCUT2D eigenvalue weighted by atomic mass is 32.2. The first-order valence-electron chi connectivity index (χ1n) is 15.8. The zero-order valence-corrected chi connectivity index (χ0v) is 29.4. The summed E-state index contributed by atoms with van der Waals surface area (Å²) in [5.74, 6) is 0.0335. The summed E-state index contributed by atoms with van der Waals surface area (Å²) in [5.41, 5.74) is 1.80. The fourth-order valence-electron chi connectivity index (χ4n) is 5.22. The Morgan fingerprint density at radius 1 is 0.875 bits per heavy atom. The van der Waals surface area contributed by atoms with Crippen LogP contribution in [0.25, 0.3) is 0 Å². The number of nitrogens with zero attached hydrogens (tertiary/aromatic N) is 2. The third-order valence-electron chi connectivity index (χ3n) is 7.67. The summed E-state index contributed by atoms with van der Waals surface area (Å²) in [6, 6.07) is 29.0. The first kappa shape index (κ1) is 36.4. The number of carbonyl (C=O) groups excluding carboxylic acids is 2. The van der Waals surface area contributed by atoms with E-state index in [1.165, 1.54) is 28.8 Å². The van der Waals surface area contributed by atoms with Crippen LogP contribution in [-0.4, -0.2) is 64.2 Å². The molecule has 1 N–H and O–H groups in total. The Morgan fingerprint density at radius 3 is 2.23 bits per heavy atom. The van der Waals surface area contributed by atoms with Gasteiger partial charge in [0.1, 0.15) is 24.1 Å². The zero-order valence-electron chi connectivity index (χ0n) is 27.8. The van der Waals surface area contributed by atoms with E-state index in [9.17, 15) is 18.0 Å². The van der Waals surface area contributed by atoms with Gasteiger partial charge in [0, 0.05) is 24.4 Å². The molecule has 0 saturated carbocycles. The lowest BCUT2D eigenvalue weighted by atomic mass is 10.0. The van der Waals surface area contributed by atoms with Crippen LogP contribution in [0.3, 0.4) is 0 Å². The Bertz CT molecular complexity index is 1750. The number of carbonyl (C=O) groups is 2. The Morgan fingerprint density at radius 2 is 1.56 bits per heavy atom. The second kappa shape index (κ2) is 17.6. The van der Waals surface area contributed by atoms with Crippen molar-refractivity contribution >= 4 is 39.3 Å². The normalized spacial score (nSPS) is 11.8. The van der Waals surface area contributed by atoms with Gasteiger partial charge in [0.05, 0.1) is 24.3 Å². The predicted molar refractivity (Wildman–Crippen MR) is 191 cm³/mol. The van der Waals surface area contributed by atoms with Crippen LogP contribution in [0.4, 0.5) is 5.69 Å². The molecular formula is C37H43N3O6S2. The maximum absolute atomic E-state index is 14.7. The van der Waals surface area contributed by atoms with Gasteiger partial charge in [-0.25, -0.2) is 8.42 Å². The Kier molecular flexibility index (Phi) is 13.3. The van der Waals surface area contributed by atoms with Crippen molar-refractivity contribution in [1.29, 1.82) is 0 Å². The highest BCUT2D eigenvalue weighted by Gasteiger charge is 2.35. The average Bonchev–Trinajstić information content (AvgIpc) is 3.11. The number of hydrogen-bond donors (Lipinski definition) is 1. The number of methoxy groups -OCH3 is 1. The maximum Gasteiger partial charge on any atom is 0.264 e. The second-order valence-electron chi connectivity index (χ2n) is 11.0. The number of hydrogen-bond acceptors (Lipinski definition) is 7. The summed E-state index contributed by atoms with van der Waals surface area (Å²) in [4.78, 5) is 31.0. The van der Waals surface area contributed by atoms with Gasteiger partial charge in [0.2, 0.25) is 11.8 Å². The van der Waals surface area contributed by atoms with E-state index >= 15 is 0 Å². The van der Waals surface area contributed by atoms with Crippen LogP contribution < -0.4 is 19.1 Å². The number of amides is 2. The summed E-state index contributed by atoms with van der Waals surface area (Å²) in [5, 5.41) is 2.96. The van der Waals surface area contributed by atoms with E-state index in [2.05, 4.69) is 5.32 Å². The van der Waals surface area contributed by atoms with Crippen LogP contribution in [0.1, 0.15) is 31.4 Å². The molecule has 0 aliphatic rings. The lowest BCUT2D eigenvalue weighted by Gasteiger charge is -2.34. The van der Waals surface area contributed by atoms with E-state index in [4.69, 9.17) is 9.47 Å². The third-order valence-corrected chi connectivity index (χ3v) is 10.2. The number of para-hydroxylation sites is 2. The monoisotopic (exact) mass is 689 g/mol. The number of rotatable bonds is 17. The van der Waals surface area contributed by atoms with Crippen molar-refractivity contribution in [3.05, 3.63) is 114 Å². The standard InChI is InChI=1S/C37H43N3O6S2/c1-5-23-38-37(42)34(25-28-13-8-7-9-14-28)39(26-29-15-12-16-30(24-29)45-3)36(41)27-40(33-17-10-11-18-35(33)46-6-2)48(43,44)32-21-19-31(47-4)20-22-32/h7-22,24,34H,5-6,23,25-27H2,1-4H3,(H,38,42)/t34-/m1/s1. The molecule has 0 saturated heterocycles. The molecule has 2 amide bonds. The van der Waals surface area contributed by atoms with E-state index in [-0.39, 0.29) is 29.5 Å². The molecule has 9 nitrogen and oxygen atoms in total. The SMILES string of the molecule is CCCNC(=O)[C@@H](Cc1ccccc1)N(Cc1cccc(OC)c1)C(=O)CN(c1ccccc1OCC)S(=O)(=O)c1ccc(SC)cc1. The van der Waals surface area contributed by atoms with Crippen molar-refractivity contribution in [3.63, 3.8) is 0 Å². The lowest BCUT2D eigenvalue weighted by molar-refractivity contribution is -0.140. The molecule has 0 aliphatic heterocycles. The summed E-state index contributed by atoms with van der Waals surface area (Å²) >= 11 is 1.50. The molecule has 11 heteroatoms. The third kappa shape index (κ3) is 9.32. The number of thioether (sulfide) groups is 1. The van der Waals surface area contributed by atoms with Gasteiger partial charge in [-0.1, -0.05) is 61.5 Å². The number of sulfonamides is 1. The lowest BCUT2D eigenvalue weighted by Crippen LogP contribution is -2.53. The Hall–Kier alpha value is -4.48. The fraction of sp³-hybridized carbons (Fsp3) is 0.297. The molecular weight excluding hydrogens is 647 g/mol. The van der Waals surface area contributed by atoms with E-state index < -0.39 is 28.5 Å². The molecule has 0 aromatic heterocycles. The molecule has 4 aromatic carbocycles. The molecule has 48 heavy (non-hydrogen) atoms. The molecule has 0 heterocycles. The first-order chi connectivity index (χ1) is 23.2. The highest BCUT2D eigenvalue weighted by Crippen LogP contribution is 2.33. The smallest absolute Gasteiger partial charge is 0.264 e. The van der Waals surface area contributed by atoms with E-state index in [1.54, 1.807) is 62.6 Å². The topological polar surface area (TPSA) is 105 Å². The van der Waals surface area contributed by atoms with Crippen LogP contribution in [-0.2, 0) is 32.6 Å². The minimum Gasteiger partial charge on any atom is -0.497 e. The molecule has 1 atom stereocenters. The van der Waals surface area contributed by atoms with Gasteiger partial charge in [-0.15, -0.1) is 11.8 Å². The molecule has 0 spiro atoms. The highest BCUT2D eigenvalue weighted by molar-refractivity contribution is 7.98. The van der Waals surface area contributed by atoms with Crippen LogP contribution in [0.15, 0.2) is 113 Å². The molecule has 0 radical (unpaired) electrons. The van der Waals surface area contributed by atoms with Gasteiger partial charge in [-0.3, -0.25) is 13.9 Å². The number of ether oxygens (including phenoxy) is 2. The van der Waals surface area contributed by atoms with Gasteiger partial charge >= 0.3 is 0 Å². The molecule has 0 bridgehead atoms. The van der Waals surface area contributed by atoms with Crippen molar-refractivity contribution in [2.45, 2.75) is 49.1 Å².